The Balaban J connectivity index is 1.64. The average Bonchev–Trinajstić information content (AvgIpc) is 2.64. The van der Waals surface area contributed by atoms with Crippen molar-refractivity contribution in [2.75, 3.05) is 5.32 Å². The van der Waals surface area contributed by atoms with E-state index in [9.17, 15) is 9.59 Å². The van der Waals surface area contributed by atoms with Crippen LogP contribution in [0.3, 0.4) is 0 Å². The lowest BCUT2D eigenvalue weighted by atomic mass is 10.2. The molecule has 1 amide bonds. The summed E-state index contributed by atoms with van der Waals surface area (Å²) in [5, 5.41) is 3.89. The van der Waals surface area contributed by atoms with E-state index in [2.05, 4.69) is 5.32 Å². The number of benzene rings is 3. The van der Waals surface area contributed by atoms with E-state index in [-0.39, 0.29) is 5.91 Å². The van der Waals surface area contributed by atoms with Crippen LogP contribution in [0.2, 0.25) is 10.0 Å². The highest BCUT2D eigenvalue weighted by atomic mass is 35.5. The van der Waals surface area contributed by atoms with Crippen LogP contribution in [0.1, 0.15) is 20.7 Å². The predicted molar refractivity (Wildman–Crippen MR) is 102 cm³/mol. The van der Waals surface area contributed by atoms with Gasteiger partial charge in [0.15, 0.2) is 0 Å². The number of esters is 1. The molecule has 4 nitrogen and oxygen atoms in total. The normalized spacial score (nSPS) is 10.2. The molecule has 0 aliphatic heterocycles. The monoisotopic (exact) mass is 385 g/mol. The third-order valence-electron chi connectivity index (χ3n) is 3.51. The van der Waals surface area contributed by atoms with Gasteiger partial charge < -0.3 is 10.1 Å². The predicted octanol–water partition coefficient (Wildman–Crippen LogP) is 5.46. The Morgan fingerprint density at radius 2 is 1.19 bits per heavy atom. The molecule has 0 fully saturated rings. The zero-order valence-electron chi connectivity index (χ0n) is 13.4. The maximum absolute atomic E-state index is 12.2. The molecule has 0 aromatic heterocycles. The van der Waals surface area contributed by atoms with Gasteiger partial charge in [-0.2, -0.15) is 0 Å². The summed E-state index contributed by atoms with van der Waals surface area (Å²) in [4.78, 5) is 24.3. The maximum atomic E-state index is 12.2. The van der Waals surface area contributed by atoms with Gasteiger partial charge in [-0.05, 0) is 72.8 Å². The number of amides is 1. The van der Waals surface area contributed by atoms with E-state index in [0.29, 0.717) is 32.6 Å². The van der Waals surface area contributed by atoms with Gasteiger partial charge in [0.25, 0.3) is 5.91 Å². The zero-order valence-corrected chi connectivity index (χ0v) is 14.9. The minimum Gasteiger partial charge on any atom is -0.423 e. The molecule has 0 aliphatic carbocycles. The topological polar surface area (TPSA) is 55.4 Å². The van der Waals surface area contributed by atoms with Crippen molar-refractivity contribution in [3.8, 4) is 5.75 Å². The molecule has 0 unspecified atom stereocenters. The Morgan fingerprint density at radius 1 is 0.692 bits per heavy atom. The Kier molecular flexibility index (Phi) is 5.56. The quantitative estimate of drug-likeness (QED) is 0.478. The molecular formula is C20H13Cl2NO3. The molecule has 130 valence electrons. The Labute approximate surface area is 160 Å². The highest BCUT2D eigenvalue weighted by Gasteiger charge is 2.10. The second-order valence-corrected chi connectivity index (χ2v) is 6.25. The van der Waals surface area contributed by atoms with E-state index < -0.39 is 5.97 Å². The van der Waals surface area contributed by atoms with E-state index in [4.69, 9.17) is 27.9 Å². The Bertz CT molecular complexity index is 921. The van der Waals surface area contributed by atoms with Crippen LogP contribution in [0.25, 0.3) is 0 Å². The van der Waals surface area contributed by atoms with Gasteiger partial charge in [-0.15, -0.1) is 0 Å². The summed E-state index contributed by atoms with van der Waals surface area (Å²) in [5.41, 5.74) is 1.46. The van der Waals surface area contributed by atoms with Crippen LogP contribution in [-0.2, 0) is 0 Å². The standard InChI is InChI=1S/C20H13Cl2NO3/c21-15-5-1-14(2-6-15)20(25)26-18-11-3-13(4-12-18)19(24)23-17-9-7-16(22)8-10-17/h1-12H,(H,23,24). The van der Waals surface area contributed by atoms with Crippen molar-refractivity contribution in [3.05, 3.63) is 94.0 Å². The summed E-state index contributed by atoms with van der Waals surface area (Å²) in [6, 6.07) is 19.5. The fourth-order valence-electron chi connectivity index (χ4n) is 2.16. The van der Waals surface area contributed by atoms with E-state index >= 15 is 0 Å². The summed E-state index contributed by atoms with van der Waals surface area (Å²) in [6.45, 7) is 0. The first-order chi connectivity index (χ1) is 12.5. The summed E-state index contributed by atoms with van der Waals surface area (Å²) in [5.74, 6) is -0.434. The van der Waals surface area contributed by atoms with Gasteiger partial charge in [0.05, 0.1) is 5.56 Å². The first-order valence-corrected chi connectivity index (χ1v) is 8.41. The largest absolute Gasteiger partial charge is 0.423 e. The van der Waals surface area contributed by atoms with Crippen LogP contribution in [0.4, 0.5) is 5.69 Å². The van der Waals surface area contributed by atoms with Gasteiger partial charge in [-0.25, -0.2) is 4.79 Å². The molecule has 0 spiro atoms. The summed E-state index contributed by atoms with van der Waals surface area (Å²) in [7, 11) is 0. The van der Waals surface area contributed by atoms with E-state index in [1.54, 1.807) is 72.8 Å². The molecule has 3 aromatic carbocycles. The molecule has 0 heterocycles. The molecule has 0 saturated carbocycles. The zero-order chi connectivity index (χ0) is 18.5. The van der Waals surface area contributed by atoms with Crippen molar-refractivity contribution in [2.45, 2.75) is 0 Å². The van der Waals surface area contributed by atoms with Crippen molar-refractivity contribution in [1.82, 2.24) is 0 Å². The van der Waals surface area contributed by atoms with E-state index in [1.807, 2.05) is 0 Å². The second kappa shape index (κ2) is 8.04. The lowest BCUT2D eigenvalue weighted by Crippen LogP contribution is -2.12. The minimum absolute atomic E-state index is 0.275. The maximum Gasteiger partial charge on any atom is 0.343 e. The molecule has 0 radical (unpaired) electrons. The Hall–Kier alpha value is -2.82. The lowest BCUT2D eigenvalue weighted by Gasteiger charge is -2.07. The highest BCUT2D eigenvalue weighted by Crippen LogP contribution is 2.18. The van der Waals surface area contributed by atoms with Crippen LogP contribution in [0.5, 0.6) is 5.75 Å². The minimum atomic E-state index is -0.500. The van der Waals surface area contributed by atoms with Gasteiger partial charge in [-0.1, -0.05) is 23.2 Å². The molecule has 0 bridgehead atoms. The summed E-state index contributed by atoms with van der Waals surface area (Å²) in [6.07, 6.45) is 0. The molecule has 3 aromatic rings. The molecule has 0 saturated heterocycles. The number of hydrogen-bond donors (Lipinski definition) is 1. The van der Waals surface area contributed by atoms with E-state index in [0.717, 1.165) is 0 Å². The van der Waals surface area contributed by atoms with Crippen molar-refractivity contribution in [3.63, 3.8) is 0 Å². The van der Waals surface area contributed by atoms with Crippen molar-refractivity contribution < 1.29 is 14.3 Å². The average molecular weight is 386 g/mol. The number of anilines is 1. The van der Waals surface area contributed by atoms with Crippen LogP contribution < -0.4 is 10.1 Å². The molecular weight excluding hydrogens is 373 g/mol. The van der Waals surface area contributed by atoms with Gasteiger partial charge in [0.1, 0.15) is 5.75 Å². The van der Waals surface area contributed by atoms with Gasteiger partial charge in [0.2, 0.25) is 0 Å². The smallest absolute Gasteiger partial charge is 0.343 e. The van der Waals surface area contributed by atoms with Crippen molar-refractivity contribution in [2.24, 2.45) is 0 Å². The van der Waals surface area contributed by atoms with Gasteiger partial charge in [0, 0.05) is 21.3 Å². The molecule has 1 N–H and O–H groups in total. The van der Waals surface area contributed by atoms with Gasteiger partial charge in [-0.3, -0.25) is 4.79 Å². The van der Waals surface area contributed by atoms with Crippen molar-refractivity contribution in [1.29, 1.82) is 0 Å². The summed E-state index contributed by atoms with van der Waals surface area (Å²) < 4.78 is 5.28. The molecule has 3 rings (SSSR count). The SMILES string of the molecule is O=C(Nc1ccc(Cl)cc1)c1ccc(OC(=O)c2ccc(Cl)cc2)cc1. The Morgan fingerprint density at radius 3 is 1.77 bits per heavy atom. The number of carbonyl (C=O) groups excluding carboxylic acids is 2. The lowest BCUT2D eigenvalue weighted by molar-refractivity contribution is 0.0734. The fourth-order valence-corrected chi connectivity index (χ4v) is 2.41. The van der Waals surface area contributed by atoms with Crippen LogP contribution in [0.15, 0.2) is 72.8 Å². The number of hydrogen-bond acceptors (Lipinski definition) is 3. The number of nitrogens with one attached hydrogen (secondary N) is 1. The number of ether oxygens (including phenoxy) is 1. The molecule has 0 atom stereocenters. The molecule has 0 aliphatic rings. The van der Waals surface area contributed by atoms with Crippen molar-refractivity contribution >= 4 is 40.8 Å². The van der Waals surface area contributed by atoms with Crippen LogP contribution in [0, 0.1) is 0 Å². The number of carbonyl (C=O) groups is 2. The number of rotatable bonds is 4. The highest BCUT2D eigenvalue weighted by molar-refractivity contribution is 6.31. The number of halogens is 2. The summed E-state index contributed by atoms with van der Waals surface area (Å²) >= 11 is 11.6. The van der Waals surface area contributed by atoms with E-state index in [1.165, 1.54) is 0 Å². The molecule has 6 heteroatoms. The molecule has 26 heavy (non-hydrogen) atoms. The fraction of sp³-hybridized carbons (Fsp3) is 0. The second-order valence-electron chi connectivity index (χ2n) is 5.38. The van der Waals surface area contributed by atoms with Gasteiger partial charge >= 0.3 is 5.97 Å². The first-order valence-electron chi connectivity index (χ1n) is 7.66. The van der Waals surface area contributed by atoms with Crippen LogP contribution in [-0.4, -0.2) is 11.9 Å². The third kappa shape index (κ3) is 4.63. The van der Waals surface area contributed by atoms with Crippen LogP contribution >= 0.6 is 23.2 Å². The third-order valence-corrected chi connectivity index (χ3v) is 4.01. The first kappa shape index (κ1) is 18.0.